The van der Waals surface area contributed by atoms with E-state index < -0.39 is 0 Å². The van der Waals surface area contributed by atoms with Crippen LogP contribution in [0.15, 0.2) is 24.3 Å². The van der Waals surface area contributed by atoms with E-state index in [9.17, 15) is 0 Å². The minimum atomic E-state index is 0.654. The van der Waals surface area contributed by atoms with Gasteiger partial charge in [-0.2, -0.15) is 0 Å². The Kier molecular flexibility index (Phi) is 4.63. The van der Waals surface area contributed by atoms with Crippen molar-refractivity contribution in [1.29, 1.82) is 0 Å². The number of ether oxygens (including phenoxy) is 1. The van der Waals surface area contributed by atoms with Crippen LogP contribution in [0.4, 0.5) is 0 Å². The van der Waals surface area contributed by atoms with Crippen LogP contribution in [0.2, 0.25) is 0 Å². The van der Waals surface area contributed by atoms with Gasteiger partial charge in [0.05, 0.1) is 6.61 Å². The van der Waals surface area contributed by atoms with Crippen LogP contribution >= 0.6 is 0 Å². The second-order valence-corrected chi connectivity index (χ2v) is 4.80. The summed E-state index contributed by atoms with van der Waals surface area (Å²) in [6.07, 6.45) is 2.56. The summed E-state index contributed by atoms with van der Waals surface area (Å²) in [5, 5.41) is 0. The molecule has 17 heavy (non-hydrogen) atoms. The molecule has 0 aromatic heterocycles. The third kappa shape index (κ3) is 3.58. The summed E-state index contributed by atoms with van der Waals surface area (Å²) in [4.78, 5) is 2.49. The van der Waals surface area contributed by atoms with Gasteiger partial charge in [0.25, 0.3) is 0 Å². The van der Waals surface area contributed by atoms with Gasteiger partial charge in [-0.15, -0.1) is 0 Å². The molecular weight excluding hydrogens is 209 g/mol. The zero-order valence-electron chi connectivity index (χ0n) is 10.6. The van der Waals surface area contributed by atoms with E-state index in [1.54, 1.807) is 7.11 Å². The maximum Gasteiger partial charge on any atom is 0.113 e. The van der Waals surface area contributed by atoms with E-state index in [4.69, 9.17) is 12.6 Å². The Morgan fingerprint density at radius 3 is 2.82 bits per heavy atom. The zero-order chi connectivity index (χ0) is 12.1. The molecule has 1 aliphatic heterocycles. The van der Waals surface area contributed by atoms with Gasteiger partial charge < -0.3 is 9.64 Å². The lowest BCUT2D eigenvalue weighted by atomic mass is 9.87. The molecule has 1 atom stereocenters. The fraction of sp³-hybridized carbons (Fsp3) is 0.571. The van der Waals surface area contributed by atoms with Crippen LogP contribution in [0.25, 0.3) is 0 Å². The molecule has 3 heteroatoms. The number of methoxy groups -OCH3 is 1. The molecule has 0 N–H and O–H groups in total. The molecular formula is C14H20BNO. The zero-order valence-corrected chi connectivity index (χ0v) is 10.6. The van der Waals surface area contributed by atoms with Crippen molar-refractivity contribution in [3.63, 3.8) is 0 Å². The van der Waals surface area contributed by atoms with E-state index >= 15 is 0 Å². The highest BCUT2D eigenvalue weighted by atomic mass is 16.5. The van der Waals surface area contributed by atoms with Crippen LogP contribution in [0.1, 0.15) is 24.3 Å². The first-order chi connectivity index (χ1) is 8.29. The summed E-state index contributed by atoms with van der Waals surface area (Å²) in [7, 11) is 7.49. The molecule has 2 rings (SSSR count). The Hall–Kier alpha value is -0.795. The molecule has 90 valence electrons. The summed E-state index contributed by atoms with van der Waals surface area (Å²) in [6.45, 7) is 4.22. The molecule has 1 aromatic rings. The molecule has 1 saturated heterocycles. The minimum Gasteiger partial charge on any atom is -0.383 e. The second kappa shape index (κ2) is 6.22. The molecule has 1 heterocycles. The summed E-state index contributed by atoms with van der Waals surface area (Å²) in [5.41, 5.74) is 2.27. The van der Waals surface area contributed by atoms with Gasteiger partial charge in [0.2, 0.25) is 0 Å². The third-order valence-corrected chi connectivity index (χ3v) is 3.53. The first-order valence-corrected chi connectivity index (χ1v) is 6.36. The molecule has 1 fully saturated rings. The van der Waals surface area contributed by atoms with Crippen LogP contribution in [-0.4, -0.2) is 46.1 Å². The molecule has 0 spiro atoms. The first kappa shape index (κ1) is 12.7. The van der Waals surface area contributed by atoms with Crippen LogP contribution in [0.5, 0.6) is 0 Å². The van der Waals surface area contributed by atoms with Gasteiger partial charge in [-0.3, -0.25) is 0 Å². The van der Waals surface area contributed by atoms with Gasteiger partial charge in [-0.05, 0) is 30.9 Å². The topological polar surface area (TPSA) is 12.5 Å². The molecule has 1 unspecified atom stereocenters. The number of hydrogen-bond acceptors (Lipinski definition) is 2. The lowest BCUT2D eigenvalue weighted by molar-refractivity contribution is 0.128. The Balaban J connectivity index is 1.94. The standard InChI is InChI=1S/C14H20BNO/c1-17-10-9-16-8-2-3-13(11-16)12-4-6-14(15)7-5-12/h4-7,13H,2-3,8-11H2,1H3. The molecule has 0 bridgehead atoms. The predicted octanol–water partition coefficient (Wildman–Crippen LogP) is 1.31. The van der Waals surface area contributed by atoms with Gasteiger partial charge >= 0.3 is 0 Å². The monoisotopic (exact) mass is 229 g/mol. The average molecular weight is 229 g/mol. The lowest BCUT2D eigenvalue weighted by Gasteiger charge is -2.32. The normalized spacial score (nSPS) is 21.6. The number of nitrogens with zero attached hydrogens (tertiary/aromatic N) is 1. The van der Waals surface area contributed by atoms with Crippen LogP contribution < -0.4 is 5.46 Å². The highest BCUT2D eigenvalue weighted by Crippen LogP contribution is 2.26. The van der Waals surface area contributed by atoms with Crippen LogP contribution in [0.3, 0.4) is 0 Å². The van der Waals surface area contributed by atoms with Crippen molar-refractivity contribution in [2.24, 2.45) is 0 Å². The predicted molar refractivity (Wildman–Crippen MR) is 72.1 cm³/mol. The van der Waals surface area contributed by atoms with E-state index in [2.05, 4.69) is 17.0 Å². The largest absolute Gasteiger partial charge is 0.383 e. The molecule has 0 aliphatic carbocycles. The van der Waals surface area contributed by atoms with E-state index in [1.807, 2.05) is 12.1 Å². The van der Waals surface area contributed by atoms with Crippen molar-refractivity contribution in [2.75, 3.05) is 33.4 Å². The fourth-order valence-electron chi connectivity index (χ4n) is 2.52. The van der Waals surface area contributed by atoms with Crippen LogP contribution in [-0.2, 0) is 4.74 Å². The van der Waals surface area contributed by atoms with E-state index in [0.29, 0.717) is 5.92 Å². The first-order valence-electron chi connectivity index (χ1n) is 6.36. The average Bonchev–Trinajstić information content (AvgIpc) is 2.37. The maximum atomic E-state index is 5.72. The fourth-order valence-corrected chi connectivity index (χ4v) is 2.52. The number of rotatable bonds is 4. The van der Waals surface area contributed by atoms with Crippen molar-refractivity contribution >= 4 is 13.3 Å². The molecule has 0 amide bonds. The molecule has 2 radical (unpaired) electrons. The van der Waals surface area contributed by atoms with Gasteiger partial charge in [0, 0.05) is 20.2 Å². The number of piperidine rings is 1. The Bertz CT molecular complexity index is 339. The third-order valence-electron chi connectivity index (χ3n) is 3.53. The van der Waals surface area contributed by atoms with Crippen molar-refractivity contribution in [2.45, 2.75) is 18.8 Å². The summed E-state index contributed by atoms with van der Waals surface area (Å²) < 4.78 is 5.14. The number of benzene rings is 1. The Morgan fingerprint density at radius 2 is 2.12 bits per heavy atom. The van der Waals surface area contributed by atoms with Gasteiger partial charge in [-0.25, -0.2) is 0 Å². The van der Waals surface area contributed by atoms with Crippen molar-refractivity contribution in [3.05, 3.63) is 29.8 Å². The molecule has 1 aliphatic rings. The van der Waals surface area contributed by atoms with Gasteiger partial charge in [0.1, 0.15) is 7.85 Å². The number of hydrogen-bond donors (Lipinski definition) is 0. The minimum absolute atomic E-state index is 0.654. The van der Waals surface area contributed by atoms with E-state index in [0.717, 1.165) is 25.2 Å². The summed E-state index contributed by atoms with van der Waals surface area (Å²) in [5.74, 6) is 0.654. The highest BCUT2D eigenvalue weighted by molar-refractivity contribution is 6.32. The van der Waals surface area contributed by atoms with Gasteiger partial charge in [0.15, 0.2) is 0 Å². The highest BCUT2D eigenvalue weighted by Gasteiger charge is 2.20. The molecule has 0 saturated carbocycles. The van der Waals surface area contributed by atoms with Crippen molar-refractivity contribution < 1.29 is 4.74 Å². The number of likely N-dealkylation sites (tertiary alicyclic amines) is 1. The quantitative estimate of drug-likeness (QED) is 0.722. The Labute approximate surface area is 105 Å². The Morgan fingerprint density at radius 1 is 1.35 bits per heavy atom. The second-order valence-electron chi connectivity index (χ2n) is 4.80. The van der Waals surface area contributed by atoms with E-state index in [-0.39, 0.29) is 0 Å². The van der Waals surface area contributed by atoms with E-state index in [1.165, 1.54) is 24.9 Å². The smallest absolute Gasteiger partial charge is 0.113 e. The lowest BCUT2D eigenvalue weighted by Crippen LogP contribution is -2.36. The molecule has 2 nitrogen and oxygen atoms in total. The van der Waals surface area contributed by atoms with Gasteiger partial charge in [-0.1, -0.05) is 29.7 Å². The SMILES string of the molecule is [B]c1ccc(C2CCCN(CCOC)C2)cc1. The molecule has 1 aromatic carbocycles. The van der Waals surface area contributed by atoms with Crippen molar-refractivity contribution in [1.82, 2.24) is 4.90 Å². The maximum absolute atomic E-state index is 5.72. The summed E-state index contributed by atoms with van der Waals surface area (Å²) in [6, 6.07) is 8.34. The van der Waals surface area contributed by atoms with Crippen LogP contribution in [0, 0.1) is 0 Å². The summed E-state index contributed by atoms with van der Waals surface area (Å²) >= 11 is 0. The van der Waals surface area contributed by atoms with Crippen molar-refractivity contribution in [3.8, 4) is 0 Å².